The Morgan fingerprint density at radius 1 is 1.05 bits per heavy atom. The van der Waals surface area contributed by atoms with Crippen molar-refractivity contribution in [2.45, 2.75) is 6.04 Å². The molecule has 0 heterocycles. The van der Waals surface area contributed by atoms with Crippen molar-refractivity contribution in [3.8, 4) is 0 Å². The number of hydrogen-bond acceptors (Lipinski definition) is 2. The zero-order chi connectivity index (χ0) is 13.8. The van der Waals surface area contributed by atoms with Crippen LogP contribution in [0.1, 0.15) is 11.6 Å². The predicted molar refractivity (Wildman–Crippen MR) is 86.0 cm³/mol. The Morgan fingerprint density at radius 2 is 1.63 bits per heavy atom. The maximum absolute atomic E-state index is 6.21. The molecule has 19 heavy (non-hydrogen) atoms. The highest BCUT2D eigenvalue weighted by atomic mass is 79.9. The van der Waals surface area contributed by atoms with Crippen molar-refractivity contribution >= 4 is 44.8 Å². The van der Waals surface area contributed by atoms with Crippen molar-refractivity contribution in [1.29, 1.82) is 0 Å². The zero-order valence-corrected chi connectivity index (χ0v) is 13.1. The Bertz CT molecular complexity index is 538. The van der Waals surface area contributed by atoms with Gasteiger partial charge in [-0.05, 0) is 36.4 Å². The first-order chi connectivity index (χ1) is 9.11. The molecular formula is C14H13BrCl2N2. The molecule has 0 saturated carbocycles. The molecule has 0 aliphatic heterocycles. The minimum Gasteiger partial charge on any atom is -0.377 e. The van der Waals surface area contributed by atoms with E-state index in [1.807, 2.05) is 42.5 Å². The van der Waals surface area contributed by atoms with Gasteiger partial charge < -0.3 is 11.1 Å². The average Bonchev–Trinajstić information content (AvgIpc) is 2.39. The third-order valence-electron chi connectivity index (χ3n) is 2.77. The predicted octanol–water partition coefficient (Wildman–Crippen LogP) is 4.87. The Kier molecular flexibility index (Phi) is 5.11. The second-order valence-corrected chi connectivity index (χ2v) is 5.80. The van der Waals surface area contributed by atoms with Crippen molar-refractivity contribution in [2.75, 3.05) is 11.9 Å². The highest BCUT2D eigenvalue weighted by molar-refractivity contribution is 9.10. The second kappa shape index (κ2) is 6.62. The van der Waals surface area contributed by atoms with Gasteiger partial charge in [-0.15, -0.1) is 0 Å². The lowest BCUT2D eigenvalue weighted by atomic mass is 10.1. The fraction of sp³-hybridized carbons (Fsp3) is 0.143. The van der Waals surface area contributed by atoms with Crippen molar-refractivity contribution in [2.24, 2.45) is 5.73 Å². The fourth-order valence-corrected chi connectivity index (χ4v) is 2.77. The number of nitrogens with two attached hydrogens (primary N) is 1. The summed E-state index contributed by atoms with van der Waals surface area (Å²) >= 11 is 15.8. The van der Waals surface area contributed by atoms with E-state index in [2.05, 4.69) is 21.2 Å². The normalized spacial score (nSPS) is 12.2. The lowest BCUT2D eigenvalue weighted by molar-refractivity contribution is 0.790. The molecule has 0 spiro atoms. The van der Waals surface area contributed by atoms with E-state index in [0.717, 1.165) is 15.7 Å². The molecule has 2 nitrogen and oxygen atoms in total. The summed E-state index contributed by atoms with van der Waals surface area (Å²) in [5.41, 5.74) is 7.63. The molecule has 1 atom stereocenters. The first-order valence-electron chi connectivity index (χ1n) is 5.78. The second-order valence-electron chi connectivity index (χ2n) is 4.07. The summed E-state index contributed by atoms with van der Waals surface area (Å²) in [7, 11) is 0. The van der Waals surface area contributed by atoms with Crippen LogP contribution in [0, 0.1) is 0 Å². The first kappa shape index (κ1) is 14.7. The SMILES string of the molecule is NCC(Nc1ccc(Br)cc1)c1c(Cl)cccc1Cl. The Morgan fingerprint density at radius 3 is 2.16 bits per heavy atom. The zero-order valence-electron chi connectivity index (χ0n) is 10.0. The van der Waals surface area contributed by atoms with E-state index in [0.29, 0.717) is 16.6 Å². The van der Waals surface area contributed by atoms with Crippen molar-refractivity contribution < 1.29 is 0 Å². The third kappa shape index (κ3) is 3.63. The summed E-state index contributed by atoms with van der Waals surface area (Å²) in [6.45, 7) is 0.402. The molecule has 2 aromatic rings. The molecule has 0 aliphatic rings. The molecule has 100 valence electrons. The third-order valence-corrected chi connectivity index (χ3v) is 3.96. The monoisotopic (exact) mass is 358 g/mol. The van der Waals surface area contributed by atoms with Gasteiger partial charge in [0.15, 0.2) is 0 Å². The fourth-order valence-electron chi connectivity index (χ4n) is 1.84. The number of rotatable bonds is 4. The molecule has 0 saturated heterocycles. The van der Waals surface area contributed by atoms with E-state index in [1.54, 1.807) is 0 Å². The van der Waals surface area contributed by atoms with E-state index in [-0.39, 0.29) is 6.04 Å². The molecule has 0 bridgehead atoms. The first-order valence-corrected chi connectivity index (χ1v) is 7.33. The van der Waals surface area contributed by atoms with Gasteiger partial charge in [0, 0.05) is 32.3 Å². The number of benzene rings is 2. The van der Waals surface area contributed by atoms with Gasteiger partial charge in [0.1, 0.15) is 0 Å². The van der Waals surface area contributed by atoms with Crippen LogP contribution in [0.5, 0.6) is 0 Å². The molecule has 0 aromatic heterocycles. The van der Waals surface area contributed by atoms with Crippen molar-refractivity contribution in [1.82, 2.24) is 0 Å². The maximum atomic E-state index is 6.21. The van der Waals surface area contributed by atoms with Gasteiger partial charge in [-0.25, -0.2) is 0 Å². The van der Waals surface area contributed by atoms with Crippen LogP contribution < -0.4 is 11.1 Å². The topological polar surface area (TPSA) is 38.0 Å². The minimum atomic E-state index is -0.123. The minimum absolute atomic E-state index is 0.123. The molecule has 3 N–H and O–H groups in total. The van der Waals surface area contributed by atoms with Gasteiger partial charge in [-0.3, -0.25) is 0 Å². The van der Waals surface area contributed by atoms with E-state index < -0.39 is 0 Å². The number of nitrogens with one attached hydrogen (secondary N) is 1. The lowest BCUT2D eigenvalue weighted by Gasteiger charge is -2.21. The summed E-state index contributed by atoms with van der Waals surface area (Å²) in [6, 6.07) is 13.2. The maximum Gasteiger partial charge on any atom is 0.0665 e. The molecule has 1 unspecified atom stereocenters. The van der Waals surface area contributed by atoms with Crippen LogP contribution in [0.25, 0.3) is 0 Å². The van der Waals surface area contributed by atoms with Crippen LogP contribution >= 0.6 is 39.1 Å². The average molecular weight is 360 g/mol. The number of halogens is 3. The molecule has 0 fully saturated rings. The van der Waals surface area contributed by atoms with Crippen LogP contribution in [-0.4, -0.2) is 6.54 Å². The summed E-state index contributed by atoms with van der Waals surface area (Å²) < 4.78 is 1.03. The van der Waals surface area contributed by atoms with Crippen molar-refractivity contribution in [3.05, 3.63) is 62.5 Å². The van der Waals surface area contributed by atoms with Crippen LogP contribution in [0.2, 0.25) is 10.0 Å². The summed E-state index contributed by atoms with van der Waals surface area (Å²) in [5, 5.41) is 4.58. The van der Waals surface area contributed by atoms with Gasteiger partial charge >= 0.3 is 0 Å². The molecule has 2 rings (SSSR count). The van der Waals surface area contributed by atoms with Gasteiger partial charge in [-0.1, -0.05) is 45.2 Å². The quantitative estimate of drug-likeness (QED) is 0.817. The molecule has 0 amide bonds. The van der Waals surface area contributed by atoms with Crippen LogP contribution in [0.4, 0.5) is 5.69 Å². The molecule has 5 heteroatoms. The van der Waals surface area contributed by atoms with E-state index in [9.17, 15) is 0 Å². The van der Waals surface area contributed by atoms with Gasteiger partial charge in [-0.2, -0.15) is 0 Å². The Labute approximate surface area is 131 Å². The van der Waals surface area contributed by atoms with Crippen molar-refractivity contribution in [3.63, 3.8) is 0 Å². The number of anilines is 1. The van der Waals surface area contributed by atoms with Crippen LogP contribution in [-0.2, 0) is 0 Å². The highest BCUT2D eigenvalue weighted by Gasteiger charge is 2.16. The van der Waals surface area contributed by atoms with E-state index in [4.69, 9.17) is 28.9 Å². The largest absolute Gasteiger partial charge is 0.377 e. The van der Waals surface area contributed by atoms with Crippen LogP contribution in [0.3, 0.4) is 0 Å². The smallest absolute Gasteiger partial charge is 0.0665 e. The molecule has 0 aliphatic carbocycles. The highest BCUT2D eigenvalue weighted by Crippen LogP contribution is 2.32. The summed E-state index contributed by atoms with van der Waals surface area (Å²) in [6.07, 6.45) is 0. The van der Waals surface area contributed by atoms with Gasteiger partial charge in [0.2, 0.25) is 0 Å². The van der Waals surface area contributed by atoms with E-state index in [1.165, 1.54) is 0 Å². The van der Waals surface area contributed by atoms with Gasteiger partial charge in [0.25, 0.3) is 0 Å². The number of hydrogen-bond donors (Lipinski definition) is 2. The summed E-state index contributed by atoms with van der Waals surface area (Å²) in [5.74, 6) is 0. The molecule has 0 radical (unpaired) electrons. The van der Waals surface area contributed by atoms with Crippen LogP contribution in [0.15, 0.2) is 46.9 Å². The standard InChI is InChI=1S/C14H13BrCl2N2/c15-9-4-6-10(7-5-9)19-13(8-18)14-11(16)2-1-3-12(14)17/h1-7,13,19H,8,18H2. The van der Waals surface area contributed by atoms with E-state index >= 15 is 0 Å². The molecular weight excluding hydrogens is 347 g/mol. The van der Waals surface area contributed by atoms with Gasteiger partial charge in [0.05, 0.1) is 6.04 Å². The summed E-state index contributed by atoms with van der Waals surface area (Å²) in [4.78, 5) is 0. The Balaban J connectivity index is 2.27. The molecule has 2 aromatic carbocycles. The Hall–Kier alpha value is -0.740. The lowest BCUT2D eigenvalue weighted by Crippen LogP contribution is -2.21.